The van der Waals surface area contributed by atoms with Gasteiger partial charge in [0.15, 0.2) is 0 Å². The van der Waals surface area contributed by atoms with Gasteiger partial charge in [-0.2, -0.15) is 0 Å². The molecule has 3 aliphatic rings. The van der Waals surface area contributed by atoms with Crippen LogP contribution in [-0.2, 0) is 37.0 Å². The molecule has 0 atom stereocenters. The first-order valence-electron chi connectivity index (χ1n) is 23.9. The molecule has 0 spiro atoms. The fourth-order valence-electron chi connectivity index (χ4n) is 8.84. The van der Waals surface area contributed by atoms with Gasteiger partial charge in [0.2, 0.25) is 11.8 Å². The number of methoxy groups -OCH3 is 1. The second-order valence-corrected chi connectivity index (χ2v) is 22.3. The molecule has 0 radical (unpaired) electrons. The number of amides is 5. The molecule has 0 unspecified atom stereocenters. The summed E-state index contributed by atoms with van der Waals surface area (Å²) < 4.78 is 14.1. The average Bonchev–Trinajstić information content (AvgIpc) is 3.33. The lowest BCUT2D eigenvalue weighted by atomic mass is 9.92. The van der Waals surface area contributed by atoms with Crippen LogP contribution in [0.2, 0.25) is 0 Å². The van der Waals surface area contributed by atoms with Crippen LogP contribution < -0.4 is 20.4 Å². The molecule has 1 aliphatic carbocycles. The van der Waals surface area contributed by atoms with Gasteiger partial charge < -0.3 is 39.5 Å². The van der Waals surface area contributed by atoms with Crippen molar-refractivity contribution in [1.29, 1.82) is 0 Å². The van der Waals surface area contributed by atoms with Crippen LogP contribution in [0, 0.1) is 13.8 Å². The molecule has 4 aromatic rings. The number of nitrogens with zero attached hydrogens (tertiary/aromatic N) is 3. The number of anilines is 2. The number of ether oxygens (including phenoxy) is 3. The van der Waals surface area contributed by atoms with Crippen molar-refractivity contribution in [1.82, 2.24) is 15.5 Å². The van der Waals surface area contributed by atoms with Crippen LogP contribution in [0.25, 0.3) is 0 Å². The molecule has 0 aromatic heterocycles. The van der Waals surface area contributed by atoms with E-state index in [0.29, 0.717) is 16.8 Å². The van der Waals surface area contributed by atoms with E-state index in [2.05, 4.69) is 24.5 Å². The fraction of sp³-hybridized carbons (Fsp3) is 0.444. The minimum absolute atomic E-state index is 0.0297. The molecule has 16 heteroatoms. The predicted molar refractivity (Wildman–Crippen MR) is 276 cm³/mol. The third-order valence-electron chi connectivity index (χ3n) is 12.5. The summed E-state index contributed by atoms with van der Waals surface area (Å²) in [4.78, 5) is 84.2. The summed E-state index contributed by atoms with van der Waals surface area (Å²) in [6, 6.07) is 26.7. The maximum absolute atomic E-state index is 13.9. The van der Waals surface area contributed by atoms with Crippen molar-refractivity contribution >= 4 is 70.8 Å². The van der Waals surface area contributed by atoms with Crippen LogP contribution in [0.4, 0.5) is 21.0 Å². The average molecular weight is 994 g/mol. The van der Waals surface area contributed by atoms with E-state index in [0.717, 1.165) is 63.4 Å². The van der Waals surface area contributed by atoms with E-state index >= 15 is 0 Å². The number of esters is 1. The van der Waals surface area contributed by atoms with Gasteiger partial charge in [-0.05, 0) is 115 Å². The standard InChI is InChI=1S/C31H41N3O4S.C23H26N2O5S/c1-21(2)34(24-14-10-7-11-15-24)28(35)25-19-26-27(18-22(25)3)39-31(4,5)29(36)33(26)17-16-32-30(37)38-20-23-12-8-6-9-13-23;1-15-12-19-18(13-17(15)20(26)29-4)25(21(27)23(2,3)31-19)11-10-24-22(28)30-14-16-8-6-5-7-9-16/h6,8-9,12-13,18-19,21,24H,7,10-11,14-17,20H2,1-5H3,(H,32,37);5-9,12-13H,10-11,14H2,1-4H3,(H,24,28). The summed E-state index contributed by atoms with van der Waals surface area (Å²) >= 11 is 2.98. The van der Waals surface area contributed by atoms with E-state index in [1.54, 1.807) is 15.9 Å². The van der Waals surface area contributed by atoms with E-state index < -0.39 is 27.6 Å². The van der Waals surface area contributed by atoms with Gasteiger partial charge >= 0.3 is 18.2 Å². The quantitative estimate of drug-likeness (QED) is 0.0913. The van der Waals surface area contributed by atoms with Crippen molar-refractivity contribution < 1.29 is 43.0 Å². The molecule has 2 aliphatic heterocycles. The van der Waals surface area contributed by atoms with Crippen LogP contribution in [0.1, 0.15) is 117 Å². The molecule has 0 saturated heterocycles. The first-order chi connectivity index (χ1) is 33.3. The zero-order chi connectivity index (χ0) is 50.8. The zero-order valence-electron chi connectivity index (χ0n) is 41.8. The lowest BCUT2D eigenvalue weighted by Crippen LogP contribution is -2.49. The highest BCUT2D eigenvalue weighted by atomic mass is 32.2. The fourth-order valence-corrected chi connectivity index (χ4v) is 11.4. The third kappa shape index (κ3) is 13.2. The van der Waals surface area contributed by atoms with Gasteiger partial charge in [-0.15, -0.1) is 23.5 Å². The lowest BCUT2D eigenvalue weighted by Gasteiger charge is -2.40. The minimum Gasteiger partial charge on any atom is -0.465 e. The Balaban J connectivity index is 0.000000236. The Labute approximate surface area is 420 Å². The Kier molecular flexibility index (Phi) is 18.1. The number of rotatable bonds is 14. The largest absolute Gasteiger partial charge is 0.465 e. The summed E-state index contributed by atoms with van der Waals surface area (Å²) in [5.74, 6) is -0.564. The number of aryl methyl sites for hydroxylation is 2. The molecule has 4 aromatic carbocycles. The number of carbonyl (C=O) groups is 6. The Morgan fingerprint density at radius 3 is 1.53 bits per heavy atom. The van der Waals surface area contributed by atoms with E-state index in [1.807, 2.05) is 125 Å². The van der Waals surface area contributed by atoms with E-state index in [9.17, 15) is 28.8 Å². The summed E-state index contributed by atoms with van der Waals surface area (Å²) in [7, 11) is 1.33. The van der Waals surface area contributed by atoms with Crippen LogP contribution in [0.15, 0.2) is 94.7 Å². The molecular formula is C54H67N5O9S2. The molecule has 5 amide bonds. The molecule has 374 valence electrons. The smallest absolute Gasteiger partial charge is 0.407 e. The summed E-state index contributed by atoms with van der Waals surface area (Å²) in [6.07, 6.45) is 4.52. The highest BCUT2D eigenvalue weighted by molar-refractivity contribution is 8.02. The molecule has 2 heterocycles. The number of hydrogen-bond acceptors (Lipinski definition) is 11. The van der Waals surface area contributed by atoms with Gasteiger partial charge in [0.1, 0.15) is 13.2 Å². The highest BCUT2D eigenvalue weighted by Gasteiger charge is 2.42. The van der Waals surface area contributed by atoms with Gasteiger partial charge in [0, 0.05) is 53.6 Å². The molecular weight excluding hydrogens is 927 g/mol. The van der Waals surface area contributed by atoms with Gasteiger partial charge in [-0.3, -0.25) is 14.4 Å². The summed E-state index contributed by atoms with van der Waals surface area (Å²) in [5.41, 5.74) is 5.91. The van der Waals surface area contributed by atoms with Crippen LogP contribution in [-0.4, -0.2) is 95.6 Å². The maximum atomic E-state index is 13.9. The van der Waals surface area contributed by atoms with E-state index in [1.165, 1.54) is 37.1 Å². The highest BCUT2D eigenvalue weighted by Crippen LogP contribution is 2.47. The monoisotopic (exact) mass is 993 g/mol. The van der Waals surface area contributed by atoms with Crippen molar-refractivity contribution in [3.8, 4) is 0 Å². The maximum Gasteiger partial charge on any atom is 0.407 e. The molecule has 2 N–H and O–H groups in total. The molecule has 14 nitrogen and oxygen atoms in total. The van der Waals surface area contributed by atoms with Crippen LogP contribution in [0.3, 0.4) is 0 Å². The first kappa shape index (κ1) is 53.4. The normalized spacial score (nSPS) is 16.0. The molecule has 0 bridgehead atoms. The Morgan fingerprint density at radius 2 is 1.10 bits per heavy atom. The SMILES string of the molecule is COC(=O)c1cc2c(cc1C)SC(C)(C)C(=O)N2CCNC(=O)OCc1ccccc1.Cc1cc2c(cc1C(=O)N(C(C)C)C1CCCCC1)N(CCNC(=O)OCc1ccccc1)C(=O)C(C)(C)S2. The van der Waals surface area contributed by atoms with Crippen LogP contribution in [0.5, 0.6) is 0 Å². The summed E-state index contributed by atoms with van der Waals surface area (Å²) in [6.45, 7) is 16.8. The summed E-state index contributed by atoms with van der Waals surface area (Å²) in [5, 5.41) is 5.45. The number of alkyl carbamates (subject to hydrolysis) is 2. The Hall–Kier alpha value is -6.00. The minimum atomic E-state index is -0.667. The molecule has 1 saturated carbocycles. The third-order valence-corrected chi connectivity index (χ3v) is 14.9. The van der Waals surface area contributed by atoms with E-state index in [-0.39, 0.29) is 69.2 Å². The van der Waals surface area contributed by atoms with Crippen LogP contribution >= 0.6 is 23.5 Å². The number of fused-ring (bicyclic) bond motifs is 2. The second kappa shape index (κ2) is 23.7. The topological polar surface area (TPSA) is 164 Å². The van der Waals surface area contributed by atoms with Gasteiger partial charge in [-0.1, -0.05) is 79.9 Å². The Morgan fingerprint density at radius 1 is 0.671 bits per heavy atom. The number of benzene rings is 4. The van der Waals surface area contributed by atoms with E-state index in [4.69, 9.17) is 14.2 Å². The van der Waals surface area contributed by atoms with Gasteiger partial charge in [-0.25, -0.2) is 14.4 Å². The molecule has 70 heavy (non-hydrogen) atoms. The molecule has 7 rings (SSSR count). The predicted octanol–water partition coefficient (Wildman–Crippen LogP) is 10.2. The molecule has 1 fully saturated rings. The van der Waals surface area contributed by atoms with Crippen molar-refractivity contribution in [3.05, 3.63) is 118 Å². The number of thioether (sulfide) groups is 2. The zero-order valence-corrected chi connectivity index (χ0v) is 43.5. The second-order valence-electron chi connectivity index (χ2n) is 19.0. The van der Waals surface area contributed by atoms with Gasteiger partial charge in [0.25, 0.3) is 5.91 Å². The van der Waals surface area contributed by atoms with Crippen molar-refractivity contribution in [2.75, 3.05) is 43.1 Å². The van der Waals surface area contributed by atoms with Crippen molar-refractivity contribution in [2.45, 2.75) is 132 Å². The first-order valence-corrected chi connectivity index (χ1v) is 25.6. The number of carbonyl (C=O) groups excluding carboxylic acids is 6. The van der Waals surface area contributed by atoms with Crippen molar-refractivity contribution in [3.63, 3.8) is 0 Å². The Bertz CT molecular complexity index is 2530. The lowest BCUT2D eigenvalue weighted by molar-refractivity contribution is -0.121. The van der Waals surface area contributed by atoms with Crippen molar-refractivity contribution in [2.24, 2.45) is 0 Å². The number of hydrogen-bond donors (Lipinski definition) is 2. The number of nitrogens with one attached hydrogen (secondary N) is 2. The van der Waals surface area contributed by atoms with Gasteiger partial charge in [0.05, 0.1) is 33.5 Å².